The number of nitrogens with one attached hydrogen (secondary N) is 2. The SMILES string of the molecule is CS(=O)(=O)CCOc1cccc(NC(=O)CCNC(=O)c2ccc3ccccc3c2)c1. The molecule has 0 saturated carbocycles. The first-order chi connectivity index (χ1) is 14.8. The van der Waals surface area contributed by atoms with Gasteiger partial charge in [-0.2, -0.15) is 0 Å². The fourth-order valence-corrected chi connectivity index (χ4v) is 3.31. The van der Waals surface area contributed by atoms with Gasteiger partial charge in [-0.3, -0.25) is 9.59 Å². The lowest BCUT2D eigenvalue weighted by atomic mass is 10.1. The second-order valence-corrected chi connectivity index (χ2v) is 9.38. The van der Waals surface area contributed by atoms with Crippen LogP contribution in [0.1, 0.15) is 16.8 Å². The van der Waals surface area contributed by atoms with Crippen LogP contribution in [0, 0.1) is 0 Å². The number of anilines is 1. The summed E-state index contributed by atoms with van der Waals surface area (Å²) in [5.41, 5.74) is 1.07. The molecule has 0 heterocycles. The van der Waals surface area contributed by atoms with E-state index in [2.05, 4.69) is 10.6 Å². The maximum absolute atomic E-state index is 12.3. The predicted octanol–water partition coefficient (Wildman–Crippen LogP) is 3.02. The van der Waals surface area contributed by atoms with Crippen molar-refractivity contribution in [2.45, 2.75) is 6.42 Å². The van der Waals surface area contributed by atoms with Crippen LogP contribution in [0.2, 0.25) is 0 Å². The molecule has 162 valence electrons. The standard InChI is InChI=1S/C23H24N2O5S/c1-31(28,29)14-13-30-21-8-4-7-20(16-21)25-22(26)11-12-24-23(27)19-10-9-17-5-2-3-6-18(17)15-19/h2-10,15-16H,11-14H2,1H3,(H,24,27)(H,25,26). The molecule has 3 rings (SSSR count). The second-order valence-electron chi connectivity index (χ2n) is 7.12. The molecule has 0 radical (unpaired) electrons. The first-order valence-corrected chi connectivity index (χ1v) is 11.8. The molecule has 0 aromatic heterocycles. The largest absolute Gasteiger partial charge is 0.492 e. The van der Waals surface area contributed by atoms with Crippen LogP contribution < -0.4 is 15.4 Å². The molecule has 0 fully saturated rings. The Kier molecular flexibility index (Phi) is 7.25. The van der Waals surface area contributed by atoms with Gasteiger partial charge in [0.05, 0.1) is 5.75 Å². The third-order valence-electron chi connectivity index (χ3n) is 4.49. The Morgan fingerprint density at radius 1 is 0.935 bits per heavy atom. The van der Waals surface area contributed by atoms with Crippen molar-refractivity contribution >= 4 is 38.1 Å². The van der Waals surface area contributed by atoms with Crippen molar-refractivity contribution in [1.82, 2.24) is 5.32 Å². The van der Waals surface area contributed by atoms with E-state index in [1.54, 1.807) is 30.3 Å². The topological polar surface area (TPSA) is 102 Å². The van der Waals surface area contributed by atoms with Crippen molar-refractivity contribution in [1.29, 1.82) is 0 Å². The normalized spacial score (nSPS) is 11.1. The number of hydrogen-bond acceptors (Lipinski definition) is 5. The summed E-state index contributed by atoms with van der Waals surface area (Å²) in [7, 11) is -3.10. The van der Waals surface area contributed by atoms with Gasteiger partial charge in [-0.1, -0.05) is 36.4 Å². The lowest BCUT2D eigenvalue weighted by Crippen LogP contribution is -2.27. The molecule has 0 spiro atoms. The number of carbonyl (C=O) groups excluding carboxylic acids is 2. The van der Waals surface area contributed by atoms with Gasteiger partial charge in [0, 0.05) is 36.5 Å². The molecule has 0 aliphatic heterocycles. The Labute approximate surface area is 181 Å². The maximum Gasteiger partial charge on any atom is 0.251 e. The summed E-state index contributed by atoms with van der Waals surface area (Å²) in [6.45, 7) is 0.235. The van der Waals surface area contributed by atoms with Crippen molar-refractivity contribution in [3.8, 4) is 5.75 Å². The molecule has 31 heavy (non-hydrogen) atoms. The highest BCUT2D eigenvalue weighted by molar-refractivity contribution is 7.90. The number of carbonyl (C=O) groups is 2. The highest BCUT2D eigenvalue weighted by Crippen LogP contribution is 2.18. The molecule has 0 atom stereocenters. The third-order valence-corrected chi connectivity index (χ3v) is 5.40. The minimum absolute atomic E-state index is 0.0387. The van der Waals surface area contributed by atoms with Crippen LogP contribution >= 0.6 is 0 Å². The minimum Gasteiger partial charge on any atom is -0.492 e. The summed E-state index contributed by atoms with van der Waals surface area (Å²) in [5, 5.41) is 7.53. The molecule has 3 aromatic carbocycles. The summed E-state index contributed by atoms with van der Waals surface area (Å²) in [6, 6.07) is 20.0. The summed E-state index contributed by atoms with van der Waals surface area (Å²) in [6.07, 6.45) is 1.25. The highest BCUT2D eigenvalue weighted by atomic mass is 32.2. The number of hydrogen-bond donors (Lipinski definition) is 2. The lowest BCUT2D eigenvalue weighted by Gasteiger charge is -2.10. The van der Waals surface area contributed by atoms with Gasteiger partial charge in [-0.25, -0.2) is 8.42 Å². The van der Waals surface area contributed by atoms with Crippen molar-refractivity contribution in [2.24, 2.45) is 0 Å². The molecule has 0 bridgehead atoms. The summed E-state index contributed by atoms with van der Waals surface area (Å²) >= 11 is 0. The average Bonchev–Trinajstić information content (AvgIpc) is 2.72. The quantitative estimate of drug-likeness (QED) is 0.533. The van der Waals surface area contributed by atoms with Gasteiger partial charge in [-0.05, 0) is 35.0 Å². The van der Waals surface area contributed by atoms with Crippen LogP contribution in [-0.4, -0.2) is 45.4 Å². The monoisotopic (exact) mass is 440 g/mol. The summed E-state index contributed by atoms with van der Waals surface area (Å²) < 4.78 is 27.7. The van der Waals surface area contributed by atoms with Crippen LogP contribution in [0.25, 0.3) is 10.8 Å². The Hall–Kier alpha value is -3.39. The smallest absolute Gasteiger partial charge is 0.251 e. The van der Waals surface area contributed by atoms with E-state index in [0.717, 1.165) is 17.0 Å². The fraction of sp³-hybridized carbons (Fsp3) is 0.217. The molecule has 3 aromatic rings. The Morgan fingerprint density at radius 2 is 1.71 bits per heavy atom. The first kappa shape index (κ1) is 22.3. The van der Waals surface area contributed by atoms with E-state index in [0.29, 0.717) is 17.0 Å². The van der Waals surface area contributed by atoms with E-state index in [1.807, 2.05) is 36.4 Å². The van der Waals surface area contributed by atoms with E-state index in [-0.39, 0.29) is 37.1 Å². The Morgan fingerprint density at radius 3 is 2.48 bits per heavy atom. The first-order valence-electron chi connectivity index (χ1n) is 9.78. The molecule has 7 nitrogen and oxygen atoms in total. The lowest BCUT2D eigenvalue weighted by molar-refractivity contribution is -0.116. The van der Waals surface area contributed by atoms with Crippen molar-refractivity contribution < 1.29 is 22.7 Å². The zero-order chi connectivity index (χ0) is 22.3. The fourth-order valence-electron chi connectivity index (χ4n) is 2.92. The average molecular weight is 441 g/mol. The number of benzene rings is 3. The molecule has 2 N–H and O–H groups in total. The molecule has 0 aliphatic carbocycles. The third kappa shape index (κ3) is 7.11. The summed E-state index contributed by atoms with van der Waals surface area (Å²) in [4.78, 5) is 24.5. The van der Waals surface area contributed by atoms with Crippen LogP contribution in [0.4, 0.5) is 5.69 Å². The van der Waals surface area contributed by atoms with Crippen LogP contribution in [0.5, 0.6) is 5.75 Å². The predicted molar refractivity (Wildman–Crippen MR) is 121 cm³/mol. The molecule has 8 heteroatoms. The number of fused-ring (bicyclic) bond motifs is 1. The molecule has 0 unspecified atom stereocenters. The van der Waals surface area contributed by atoms with E-state index < -0.39 is 9.84 Å². The molecule has 0 aliphatic rings. The van der Waals surface area contributed by atoms with Crippen molar-refractivity contribution in [3.63, 3.8) is 0 Å². The van der Waals surface area contributed by atoms with Crippen LogP contribution in [0.3, 0.4) is 0 Å². The highest BCUT2D eigenvalue weighted by Gasteiger charge is 2.09. The van der Waals surface area contributed by atoms with Gasteiger partial charge in [-0.15, -0.1) is 0 Å². The molecular weight excluding hydrogens is 416 g/mol. The van der Waals surface area contributed by atoms with Crippen molar-refractivity contribution in [2.75, 3.05) is 30.5 Å². The van der Waals surface area contributed by atoms with Gasteiger partial charge in [0.25, 0.3) is 5.91 Å². The van der Waals surface area contributed by atoms with Gasteiger partial charge >= 0.3 is 0 Å². The van der Waals surface area contributed by atoms with Gasteiger partial charge in [0.1, 0.15) is 12.4 Å². The van der Waals surface area contributed by atoms with Crippen molar-refractivity contribution in [3.05, 3.63) is 72.3 Å². The zero-order valence-corrected chi connectivity index (χ0v) is 17.9. The zero-order valence-electron chi connectivity index (χ0n) is 17.1. The second kappa shape index (κ2) is 10.1. The molecular formula is C23H24N2O5S. The Balaban J connectivity index is 1.46. The summed E-state index contributed by atoms with van der Waals surface area (Å²) in [5.74, 6) is -0.112. The van der Waals surface area contributed by atoms with Gasteiger partial charge < -0.3 is 15.4 Å². The minimum atomic E-state index is -3.10. The number of rotatable bonds is 9. The van der Waals surface area contributed by atoms with E-state index in [4.69, 9.17) is 4.74 Å². The number of ether oxygens (including phenoxy) is 1. The van der Waals surface area contributed by atoms with E-state index in [9.17, 15) is 18.0 Å². The van der Waals surface area contributed by atoms with Crippen LogP contribution in [0.15, 0.2) is 66.7 Å². The molecule has 0 saturated heterocycles. The number of sulfone groups is 1. The van der Waals surface area contributed by atoms with Crippen LogP contribution in [-0.2, 0) is 14.6 Å². The van der Waals surface area contributed by atoms with Gasteiger partial charge in [0.15, 0.2) is 9.84 Å². The number of amides is 2. The van der Waals surface area contributed by atoms with E-state index in [1.165, 1.54) is 0 Å². The van der Waals surface area contributed by atoms with Gasteiger partial charge in [0.2, 0.25) is 5.91 Å². The van der Waals surface area contributed by atoms with E-state index >= 15 is 0 Å². The Bertz CT molecular complexity index is 1190. The molecule has 2 amide bonds. The maximum atomic E-state index is 12.3.